The number of hydrogen-bond acceptors (Lipinski definition) is 2. The van der Waals surface area contributed by atoms with Crippen molar-refractivity contribution in [3.05, 3.63) is 24.3 Å². The lowest BCUT2D eigenvalue weighted by Crippen LogP contribution is -2.53. The van der Waals surface area contributed by atoms with Gasteiger partial charge < -0.3 is 10.5 Å². The predicted molar refractivity (Wildman–Crippen MR) is 112 cm³/mol. The first-order valence-corrected chi connectivity index (χ1v) is 11.5. The molecular weight excluding hydrogens is 330 g/mol. The number of rotatable bonds is 2. The summed E-state index contributed by atoms with van der Waals surface area (Å²) in [5.74, 6) is 4.87. The fourth-order valence-electron chi connectivity index (χ4n) is 8.06. The molecule has 5 rings (SSSR count). The average molecular weight is 368 g/mol. The van der Waals surface area contributed by atoms with Crippen LogP contribution in [-0.2, 0) is 0 Å². The Kier molecular flexibility index (Phi) is 4.26. The lowest BCUT2D eigenvalue weighted by molar-refractivity contribution is -0.118. The van der Waals surface area contributed by atoms with Crippen molar-refractivity contribution in [2.24, 2.45) is 34.5 Å². The molecule has 148 valence electrons. The maximum atomic E-state index is 6.37. The van der Waals surface area contributed by atoms with E-state index in [-0.39, 0.29) is 0 Å². The molecule has 2 N–H and O–H groups in total. The highest BCUT2D eigenvalue weighted by Gasteiger charge is 2.57. The van der Waals surface area contributed by atoms with Gasteiger partial charge in [0, 0.05) is 5.69 Å². The third-order valence-electron chi connectivity index (χ3n) is 9.58. The zero-order valence-electron chi connectivity index (χ0n) is 17.3. The molecule has 0 bridgehead atoms. The van der Waals surface area contributed by atoms with E-state index in [0.29, 0.717) is 16.9 Å². The summed E-state index contributed by atoms with van der Waals surface area (Å²) in [4.78, 5) is 0. The van der Waals surface area contributed by atoms with Crippen LogP contribution in [0.1, 0.15) is 78.1 Å². The van der Waals surface area contributed by atoms with Crippen LogP contribution in [0.25, 0.3) is 0 Å². The van der Waals surface area contributed by atoms with E-state index in [1.54, 1.807) is 0 Å². The molecule has 0 amide bonds. The molecule has 1 unspecified atom stereocenters. The van der Waals surface area contributed by atoms with Crippen molar-refractivity contribution < 1.29 is 4.74 Å². The maximum absolute atomic E-state index is 6.37. The second-order valence-electron chi connectivity index (χ2n) is 10.8. The van der Waals surface area contributed by atoms with Crippen molar-refractivity contribution in [2.75, 3.05) is 5.73 Å². The molecule has 0 heterocycles. The molecule has 0 radical (unpaired) electrons. The number of nitrogen functional groups attached to an aromatic ring is 1. The summed E-state index contributed by atoms with van der Waals surface area (Å²) in [6, 6.07) is 7.96. The van der Waals surface area contributed by atoms with E-state index in [1.165, 1.54) is 64.2 Å². The normalized spacial score (nSPS) is 46.2. The van der Waals surface area contributed by atoms with Crippen LogP contribution in [-0.4, -0.2) is 6.10 Å². The Morgan fingerprint density at radius 2 is 1.70 bits per heavy atom. The lowest BCUT2D eigenvalue weighted by Gasteiger charge is -2.60. The highest BCUT2D eigenvalue weighted by molar-refractivity contribution is 5.41. The summed E-state index contributed by atoms with van der Waals surface area (Å²) in [6.07, 6.45) is 14.6. The Bertz CT molecular complexity index is 684. The van der Waals surface area contributed by atoms with Gasteiger partial charge in [-0.05, 0) is 117 Å². The molecule has 4 fully saturated rings. The molecule has 0 aliphatic heterocycles. The van der Waals surface area contributed by atoms with E-state index in [2.05, 4.69) is 13.8 Å². The molecule has 0 aromatic heterocycles. The topological polar surface area (TPSA) is 35.2 Å². The molecule has 2 nitrogen and oxygen atoms in total. The van der Waals surface area contributed by atoms with Gasteiger partial charge >= 0.3 is 0 Å². The van der Waals surface area contributed by atoms with Gasteiger partial charge in [0.15, 0.2) is 0 Å². The molecule has 1 aromatic carbocycles. The van der Waals surface area contributed by atoms with Crippen LogP contribution < -0.4 is 10.5 Å². The zero-order chi connectivity index (χ0) is 18.6. The highest BCUT2D eigenvalue weighted by atomic mass is 16.5. The summed E-state index contributed by atoms with van der Waals surface area (Å²) >= 11 is 0. The van der Waals surface area contributed by atoms with E-state index < -0.39 is 0 Å². The standard InChI is InChI=1S/C25H37NO/c1-24-13-3-4-22(24)21-10-5-17-16-20(27-19-8-6-18(26)7-9-19)11-15-25(17,2)23(21)12-14-24/h6-9,17,20-23H,3-5,10-16,26H2,1-2H3/t17-,20?,21-,22-,23-,24-,25-/m0/s1. The van der Waals surface area contributed by atoms with Crippen LogP contribution in [0, 0.1) is 34.5 Å². The highest BCUT2D eigenvalue weighted by Crippen LogP contribution is 2.66. The minimum Gasteiger partial charge on any atom is -0.490 e. The molecule has 27 heavy (non-hydrogen) atoms. The smallest absolute Gasteiger partial charge is 0.119 e. The van der Waals surface area contributed by atoms with Crippen molar-refractivity contribution >= 4 is 5.69 Å². The quantitative estimate of drug-likeness (QED) is 0.610. The first-order chi connectivity index (χ1) is 13.0. The van der Waals surface area contributed by atoms with Crippen LogP contribution in [0.3, 0.4) is 0 Å². The molecule has 4 aliphatic carbocycles. The van der Waals surface area contributed by atoms with Crippen LogP contribution in [0.4, 0.5) is 5.69 Å². The van der Waals surface area contributed by atoms with Crippen LogP contribution in [0.5, 0.6) is 5.75 Å². The number of nitrogens with two attached hydrogens (primary N) is 1. The monoisotopic (exact) mass is 367 g/mol. The largest absolute Gasteiger partial charge is 0.490 e. The van der Waals surface area contributed by atoms with Gasteiger partial charge in [0.2, 0.25) is 0 Å². The third-order valence-corrected chi connectivity index (χ3v) is 9.58. The molecule has 4 saturated carbocycles. The number of ether oxygens (including phenoxy) is 1. The SMILES string of the molecule is C[C@@]12CCC[C@H]1[C@@H]1CC[C@H]3CC(Oc4ccc(N)cc4)CC[C@]3(C)[C@H]1CC2. The summed E-state index contributed by atoms with van der Waals surface area (Å²) < 4.78 is 6.37. The van der Waals surface area contributed by atoms with Crippen molar-refractivity contribution in [1.82, 2.24) is 0 Å². The molecular formula is C25H37NO. The van der Waals surface area contributed by atoms with E-state index in [1.807, 2.05) is 24.3 Å². The Morgan fingerprint density at radius 3 is 2.52 bits per heavy atom. The van der Waals surface area contributed by atoms with E-state index in [9.17, 15) is 0 Å². The maximum Gasteiger partial charge on any atom is 0.119 e. The van der Waals surface area contributed by atoms with Gasteiger partial charge in [-0.2, -0.15) is 0 Å². The van der Waals surface area contributed by atoms with Gasteiger partial charge in [-0.1, -0.05) is 20.3 Å². The minimum absolute atomic E-state index is 0.392. The molecule has 4 aliphatic rings. The van der Waals surface area contributed by atoms with E-state index >= 15 is 0 Å². The second-order valence-corrected chi connectivity index (χ2v) is 10.8. The first kappa shape index (κ1) is 17.9. The minimum atomic E-state index is 0.392. The van der Waals surface area contributed by atoms with Crippen LogP contribution in [0.2, 0.25) is 0 Å². The van der Waals surface area contributed by atoms with Crippen molar-refractivity contribution in [1.29, 1.82) is 0 Å². The third kappa shape index (κ3) is 2.89. The summed E-state index contributed by atoms with van der Waals surface area (Å²) in [5, 5.41) is 0. The number of benzene rings is 1. The average Bonchev–Trinajstić information content (AvgIpc) is 3.06. The zero-order valence-corrected chi connectivity index (χ0v) is 17.3. The van der Waals surface area contributed by atoms with Crippen molar-refractivity contribution in [2.45, 2.75) is 84.2 Å². The molecule has 2 heteroatoms. The van der Waals surface area contributed by atoms with Gasteiger partial charge in [0.25, 0.3) is 0 Å². The second kappa shape index (κ2) is 6.42. The van der Waals surface area contributed by atoms with Crippen LogP contribution in [0.15, 0.2) is 24.3 Å². The fraction of sp³-hybridized carbons (Fsp3) is 0.760. The number of fused-ring (bicyclic) bond motifs is 5. The van der Waals surface area contributed by atoms with Gasteiger partial charge in [-0.25, -0.2) is 0 Å². The summed E-state index contributed by atoms with van der Waals surface area (Å²) in [5.41, 5.74) is 7.87. The van der Waals surface area contributed by atoms with Gasteiger partial charge in [-0.3, -0.25) is 0 Å². The Balaban J connectivity index is 1.30. The van der Waals surface area contributed by atoms with Crippen molar-refractivity contribution in [3.63, 3.8) is 0 Å². The molecule has 0 spiro atoms. The lowest BCUT2D eigenvalue weighted by atomic mass is 9.45. The first-order valence-electron chi connectivity index (χ1n) is 11.5. The van der Waals surface area contributed by atoms with Gasteiger partial charge in [0.1, 0.15) is 5.75 Å². The van der Waals surface area contributed by atoms with E-state index in [0.717, 1.165) is 35.1 Å². The number of anilines is 1. The van der Waals surface area contributed by atoms with Gasteiger partial charge in [0.05, 0.1) is 6.10 Å². The fourth-order valence-corrected chi connectivity index (χ4v) is 8.06. The molecule has 7 atom stereocenters. The summed E-state index contributed by atoms with van der Waals surface area (Å²) in [7, 11) is 0. The molecule has 1 aromatic rings. The molecule has 0 saturated heterocycles. The van der Waals surface area contributed by atoms with Crippen LogP contribution >= 0.6 is 0 Å². The Labute approximate surface area is 165 Å². The van der Waals surface area contributed by atoms with E-state index in [4.69, 9.17) is 10.5 Å². The summed E-state index contributed by atoms with van der Waals surface area (Å²) in [6.45, 7) is 5.28. The Hall–Kier alpha value is -1.18. The van der Waals surface area contributed by atoms with Crippen molar-refractivity contribution in [3.8, 4) is 5.75 Å². The Morgan fingerprint density at radius 1 is 0.889 bits per heavy atom. The number of hydrogen-bond donors (Lipinski definition) is 1. The predicted octanol–water partition coefficient (Wildman–Crippen LogP) is 6.45. The van der Waals surface area contributed by atoms with Gasteiger partial charge in [-0.15, -0.1) is 0 Å².